The second-order valence-electron chi connectivity index (χ2n) is 4.28. The summed E-state index contributed by atoms with van der Waals surface area (Å²) in [6, 6.07) is 7.46. The zero-order valence-corrected chi connectivity index (χ0v) is 10.3. The summed E-state index contributed by atoms with van der Waals surface area (Å²) in [5, 5.41) is 0. The van der Waals surface area contributed by atoms with E-state index in [1.54, 1.807) is 0 Å². The highest BCUT2D eigenvalue weighted by Crippen LogP contribution is 2.32. The fraction of sp³-hybridized carbons (Fsp3) is 0.500. The number of ketones is 1. The van der Waals surface area contributed by atoms with Gasteiger partial charge in [0.1, 0.15) is 6.61 Å². The number of benzene rings is 1. The number of Topliss-reactive ketones (excluding diaryl/α,β-unsaturated/α-hetero) is 1. The summed E-state index contributed by atoms with van der Waals surface area (Å²) in [6.45, 7) is 4.39. The molecule has 1 aromatic rings. The van der Waals surface area contributed by atoms with Crippen LogP contribution in [0, 0.1) is 5.92 Å². The van der Waals surface area contributed by atoms with Gasteiger partial charge in [0.15, 0.2) is 23.4 Å². The van der Waals surface area contributed by atoms with Crippen LogP contribution in [0.25, 0.3) is 0 Å². The molecule has 3 nitrogen and oxygen atoms in total. The van der Waals surface area contributed by atoms with Crippen LogP contribution in [-0.2, 0) is 4.79 Å². The molecule has 1 aromatic carbocycles. The first-order valence-corrected chi connectivity index (χ1v) is 6.18. The van der Waals surface area contributed by atoms with Crippen LogP contribution in [0.15, 0.2) is 24.3 Å². The largest absolute Gasteiger partial charge is 0.485 e. The van der Waals surface area contributed by atoms with Gasteiger partial charge in [-0.3, -0.25) is 4.79 Å². The summed E-state index contributed by atoms with van der Waals surface area (Å²) in [6.07, 6.45) is 1.27. The number of para-hydroxylation sites is 2. The predicted molar refractivity (Wildman–Crippen MR) is 65.4 cm³/mol. The van der Waals surface area contributed by atoms with Gasteiger partial charge in [-0.05, 0) is 25.0 Å². The average molecular weight is 234 g/mol. The van der Waals surface area contributed by atoms with Crippen molar-refractivity contribution in [2.75, 3.05) is 6.61 Å². The van der Waals surface area contributed by atoms with Crippen molar-refractivity contribution in [3.05, 3.63) is 24.3 Å². The molecule has 0 spiro atoms. The Balaban J connectivity index is 2.09. The lowest BCUT2D eigenvalue weighted by atomic mass is 9.94. The van der Waals surface area contributed by atoms with Crippen LogP contribution >= 0.6 is 0 Å². The number of hydrogen-bond donors (Lipinski definition) is 0. The molecule has 0 amide bonds. The normalized spacial score (nSPS) is 18.2. The third kappa shape index (κ3) is 2.43. The lowest BCUT2D eigenvalue weighted by molar-refractivity contribution is -0.132. The van der Waals surface area contributed by atoms with Gasteiger partial charge in [-0.1, -0.05) is 26.0 Å². The van der Waals surface area contributed by atoms with Crippen molar-refractivity contribution in [2.24, 2.45) is 5.92 Å². The maximum Gasteiger partial charge on any atom is 0.191 e. The van der Waals surface area contributed by atoms with Gasteiger partial charge < -0.3 is 9.47 Å². The Kier molecular flexibility index (Phi) is 3.67. The SMILES string of the molecule is CCC(CC)C(=O)C1COc2ccccc2O1. The zero-order chi connectivity index (χ0) is 12.3. The summed E-state index contributed by atoms with van der Waals surface area (Å²) < 4.78 is 11.3. The van der Waals surface area contributed by atoms with Gasteiger partial charge in [0.05, 0.1) is 0 Å². The van der Waals surface area contributed by atoms with Gasteiger partial charge in [0, 0.05) is 5.92 Å². The summed E-state index contributed by atoms with van der Waals surface area (Å²) in [4.78, 5) is 12.2. The maximum absolute atomic E-state index is 12.2. The van der Waals surface area contributed by atoms with Gasteiger partial charge in [-0.2, -0.15) is 0 Å². The molecule has 0 aliphatic carbocycles. The first kappa shape index (κ1) is 12.0. The molecule has 17 heavy (non-hydrogen) atoms. The highest BCUT2D eigenvalue weighted by atomic mass is 16.6. The van der Waals surface area contributed by atoms with Crippen LogP contribution in [0.5, 0.6) is 11.5 Å². The second kappa shape index (κ2) is 5.21. The molecule has 1 unspecified atom stereocenters. The molecule has 92 valence electrons. The van der Waals surface area contributed by atoms with Gasteiger partial charge in [0.25, 0.3) is 0 Å². The average Bonchev–Trinajstić information content (AvgIpc) is 2.39. The fourth-order valence-corrected chi connectivity index (χ4v) is 2.11. The van der Waals surface area contributed by atoms with Crippen LogP contribution in [0.1, 0.15) is 26.7 Å². The smallest absolute Gasteiger partial charge is 0.191 e. The van der Waals surface area contributed by atoms with E-state index in [4.69, 9.17) is 9.47 Å². The van der Waals surface area contributed by atoms with Crippen molar-refractivity contribution in [1.82, 2.24) is 0 Å². The van der Waals surface area contributed by atoms with Gasteiger partial charge >= 0.3 is 0 Å². The van der Waals surface area contributed by atoms with Crippen molar-refractivity contribution in [3.8, 4) is 11.5 Å². The molecule has 0 radical (unpaired) electrons. The van der Waals surface area contributed by atoms with E-state index in [0.29, 0.717) is 12.4 Å². The van der Waals surface area contributed by atoms with E-state index in [9.17, 15) is 4.79 Å². The lowest BCUT2D eigenvalue weighted by Gasteiger charge is -2.27. The number of carbonyl (C=O) groups is 1. The van der Waals surface area contributed by atoms with Crippen molar-refractivity contribution >= 4 is 5.78 Å². The summed E-state index contributed by atoms with van der Waals surface area (Å²) in [5.41, 5.74) is 0. The monoisotopic (exact) mass is 234 g/mol. The van der Waals surface area contributed by atoms with Gasteiger partial charge in [-0.15, -0.1) is 0 Å². The van der Waals surface area contributed by atoms with Crippen molar-refractivity contribution < 1.29 is 14.3 Å². The van der Waals surface area contributed by atoms with Crippen molar-refractivity contribution in [1.29, 1.82) is 0 Å². The highest BCUT2D eigenvalue weighted by molar-refractivity contribution is 5.86. The van der Waals surface area contributed by atoms with Crippen LogP contribution in [-0.4, -0.2) is 18.5 Å². The zero-order valence-electron chi connectivity index (χ0n) is 10.3. The minimum atomic E-state index is -0.449. The second-order valence-corrected chi connectivity index (χ2v) is 4.28. The molecule has 1 heterocycles. The molecular formula is C14H18O3. The first-order valence-electron chi connectivity index (χ1n) is 6.18. The third-order valence-corrected chi connectivity index (χ3v) is 3.21. The molecule has 2 rings (SSSR count). The van der Waals surface area contributed by atoms with E-state index in [-0.39, 0.29) is 11.7 Å². The Morgan fingerprint density at radius 3 is 2.59 bits per heavy atom. The van der Waals surface area contributed by atoms with Crippen molar-refractivity contribution in [2.45, 2.75) is 32.8 Å². The van der Waals surface area contributed by atoms with E-state index in [0.717, 1.165) is 18.6 Å². The predicted octanol–water partition coefficient (Wildman–Crippen LogP) is 2.83. The molecule has 0 aromatic heterocycles. The molecular weight excluding hydrogens is 216 g/mol. The summed E-state index contributed by atoms with van der Waals surface area (Å²) in [5.74, 6) is 1.63. The standard InChI is InChI=1S/C14H18O3/c1-3-10(4-2)14(15)13-9-16-11-7-5-6-8-12(11)17-13/h5-8,10,13H,3-4,9H2,1-2H3. The molecule has 1 aliphatic rings. The molecule has 0 bridgehead atoms. The van der Waals surface area contributed by atoms with Gasteiger partial charge in [0.2, 0.25) is 0 Å². The summed E-state index contributed by atoms with van der Waals surface area (Å²) in [7, 11) is 0. The van der Waals surface area contributed by atoms with E-state index >= 15 is 0 Å². The molecule has 3 heteroatoms. The minimum Gasteiger partial charge on any atom is -0.485 e. The quantitative estimate of drug-likeness (QED) is 0.803. The molecule has 0 fully saturated rings. The Morgan fingerprint density at radius 1 is 1.29 bits per heavy atom. The molecule has 1 aliphatic heterocycles. The summed E-state index contributed by atoms with van der Waals surface area (Å²) >= 11 is 0. The minimum absolute atomic E-state index is 0.0777. The third-order valence-electron chi connectivity index (χ3n) is 3.21. The van der Waals surface area contributed by atoms with E-state index < -0.39 is 6.10 Å². The topological polar surface area (TPSA) is 35.5 Å². The van der Waals surface area contributed by atoms with Crippen LogP contribution in [0.3, 0.4) is 0 Å². The Hall–Kier alpha value is -1.51. The van der Waals surface area contributed by atoms with Crippen LogP contribution in [0.2, 0.25) is 0 Å². The Labute approximate surface area is 102 Å². The molecule has 0 N–H and O–H groups in total. The Morgan fingerprint density at radius 2 is 1.94 bits per heavy atom. The number of fused-ring (bicyclic) bond motifs is 1. The highest BCUT2D eigenvalue weighted by Gasteiger charge is 2.30. The number of rotatable bonds is 4. The Bertz CT molecular complexity index is 396. The number of carbonyl (C=O) groups excluding carboxylic acids is 1. The molecule has 1 atom stereocenters. The molecule has 0 saturated carbocycles. The maximum atomic E-state index is 12.2. The number of hydrogen-bond acceptors (Lipinski definition) is 3. The fourth-order valence-electron chi connectivity index (χ4n) is 2.11. The van der Waals surface area contributed by atoms with Crippen LogP contribution < -0.4 is 9.47 Å². The number of ether oxygens (including phenoxy) is 2. The van der Waals surface area contributed by atoms with Crippen molar-refractivity contribution in [3.63, 3.8) is 0 Å². The van der Waals surface area contributed by atoms with E-state index in [1.807, 2.05) is 38.1 Å². The first-order chi connectivity index (χ1) is 8.26. The lowest BCUT2D eigenvalue weighted by Crippen LogP contribution is -2.39. The van der Waals surface area contributed by atoms with Gasteiger partial charge in [-0.25, -0.2) is 0 Å². The molecule has 0 saturated heterocycles. The van der Waals surface area contributed by atoms with E-state index in [1.165, 1.54) is 0 Å². The van der Waals surface area contributed by atoms with E-state index in [2.05, 4.69) is 0 Å². The van der Waals surface area contributed by atoms with Crippen LogP contribution in [0.4, 0.5) is 0 Å².